The lowest BCUT2D eigenvalue weighted by Gasteiger charge is -2.21. The topological polar surface area (TPSA) is 77.8 Å². The summed E-state index contributed by atoms with van der Waals surface area (Å²) < 4.78 is 0. The zero-order valence-corrected chi connectivity index (χ0v) is 11.0. The van der Waals surface area contributed by atoms with Crippen molar-refractivity contribution in [3.05, 3.63) is 23.3 Å². The first-order valence-corrected chi connectivity index (χ1v) is 5.99. The molecule has 0 spiro atoms. The largest absolute Gasteiger partial charge is 0.504 e. The molecule has 0 unspecified atom stereocenters. The Balaban J connectivity index is 2.96. The summed E-state index contributed by atoms with van der Waals surface area (Å²) >= 11 is 0. The third kappa shape index (κ3) is 3.65. The molecule has 0 fully saturated rings. The molecule has 0 aromatic heterocycles. The number of carboxylic acids is 1. The Morgan fingerprint density at radius 1 is 1.22 bits per heavy atom. The van der Waals surface area contributed by atoms with Gasteiger partial charge in [-0.15, -0.1) is 0 Å². The standard InChI is InChI=1S/C14H20O4/c1-14(2,3)10-7-9(5-4-6-12(16)17)13(18)11(15)8-10/h7-8,15,18H,4-6H2,1-3H3,(H,16,17). The number of hydrogen-bond donors (Lipinski definition) is 3. The number of phenols is 2. The molecule has 100 valence electrons. The van der Waals surface area contributed by atoms with Gasteiger partial charge >= 0.3 is 5.97 Å². The average molecular weight is 252 g/mol. The van der Waals surface area contributed by atoms with Crippen molar-refractivity contribution in [2.45, 2.75) is 45.4 Å². The van der Waals surface area contributed by atoms with Crippen LogP contribution in [0.3, 0.4) is 0 Å². The number of carbonyl (C=O) groups is 1. The number of aryl methyl sites for hydroxylation is 1. The van der Waals surface area contributed by atoms with Crippen LogP contribution in [0.4, 0.5) is 0 Å². The number of hydrogen-bond acceptors (Lipinski definition) is 3. The van der Waals surface area contributed by atoms with Crippen molar-refractivity contribution < 1.29 is 20.1 Å². The van der Waals surface area contributed by atoms with E-state index >= 15 is 0 Å². The van der Waals surface area contributed by atoms with E-state index in [1.54, 1.807) is 6.07 Å². The van der Waals surface area contributed by atoms with Crippen LogP contribution in [-0.4, -0.2) is 21.3 Å². The van der Waals surface area contributed by atoms with Crippen molar-refractivity contribution in [1.29, 1.82) is 0 Å². The number of rotatable bonds is 4. The molecule has 4 nitrogen and oxygen atoms in total. The van der Waals surface area contributed by atoms with Gasteiger partial charge in [0.15, 0.2) is 11.5 Å². The Labute approximate surface area is 107 Å². The summed E-state index contributed by atoms with van der Waals surface area (Å²) in [6.07, 6.45) is 0.936. The number of benzene rings is 1. The highest BCUT2D eigenvalue weighted by atomic mass is 16.4. The lowest BCUT2D eigenvalue weighted by atomic mass is 9.85. The molecule has 1 aromatic carbocycles. The molecule has 0 aliphatic heterocycles. The maximum Gasteiger partial charge on any atom is 0.303 e. The Hall–Kier alpha value is -1.71. The fourth-order valence-electron chi connectivity index (χ4n) is 1.73. The highest BCUT2D eigenvalue weighted by molar-refractivity contribution is 5.66. The van der Waals surface area contributed by atoms with E-state index in [4.69, 9.17) is 5.11 Å². The first kappa shape index (κ1) is 14.4. The monoisotopic (exact) mass is 252 g/mol. The van der Waals surface area contributed by atoms with Crippen LogP contribution < -0.4 is 0 Å². The van der Waals surface area contributed by atoms with Gasteiger partial charge in [-0.25, -0.2) is 0 Å². The third-order valence-corrected chi connectivity index (χ3v) is 2.87. The van der Waals surface area contributed by atoms with Crippen molar-refractivity contribution in [2.24, 2.45) is 0 Å². The normalized spacial score (nSPS) is 11.5. The van der Waals surface area contributed by atoms with E-state index in [0.29, 0.717) is 18.4 Å². The van der Waals surface area contributed by atoms with Gasteiger partial charge in [-0.3, -0.25) is 4.79 Å². The van der Waals surface area contributed by atoms with E-state index in [0.717, 1.165) is 5.56 Å². The van der Waals surface area contributed by atoms with Crippen molar-refractivity contribution in [2.75, 3.05) is 0 Å². The maximum absolute atomic E-state index is 10.5. The molecule has 0 saturated carbocycles. The van der Waals surface area contributed by atoms with Crippen LogP contribution in [0.15, 0.2) is 12.1 Å². The van der Waals surface area contributed by atoms with Crippen molar-refractivity contribution >= 4 is 5.97 Å². The molecule has 4 heteroatoms. The number of aromatic hydroxyl groups is 2. The average Bonchev–Trinajstić information content (AvgIpc) is 2.22. The molecule has 3 N–H and O–H groups in total. The summed E-state index contributed by atoms with van der Waals surface area (Å²) in [5.74, 6) is -1.15. The summed E-state index contributed by atoms with van der Waals surface area (Å²) in [4.78, 5) is 10.5. The molecule has 0 aliphatic carbocycles. The molecular weight excluding hydrogens is 232 g/mol. The van der Waals surface area contributed by atoms with E-state index in [1.807, 2.05) is 26.8 Å². The first-order chi connectivity index (χ1) is 8.21. The Morgan fingerprint density at radius 2 is 1.83 bits per heavy atom. The second-order valence-corrected chi connectivity index (χ2v) is 5.50. The molecule has 0 saturated heterocycles. The quantitative estimate of drug-likeness (QED) is 0.720. The molecule has 0 atom stereocenters. The summed E-state index contributed by atoms with van der Waals surface area (Å²) in [5, 5.41) is 28.0. The molecule has 0 bridgehead atoms. The second-order valence-electron chi connectivity index (χ2n) is 5.50. The molecule has 1 rings (SSSR count). The number of carboxylic acid groups (broad SMARTS) is 1. The molecule has 0 radical (unpaired) electrons. The number of phenolic OH excluding ortho intramolecular Hbond substituents is 2. The van der Waals surface area contributed by atoms with Gasteiger partial charge in [0.05, 0.1) is 0 Å². The van der Waals surface area contributed by atoms with Crippen LogP contribution in [-0.2, 0) is 16.6 Å². The second kappa shape index (κ2) is 5.29. The fraction of sp³-hybridized carbons (Fsp3) is 0.500. The lowest BCUT2D eigenvalue weighted by molar-refractivity contribution is -0.137. The van der Waals surface area contributed by atoms with E-state index in [-0.39, 0.29) is 23.3 Å². The van der Waals surface area contributed by atoms with E-state index in [2.05, 4.69) is 0 Å². The molecule has 0 heterocycles. The van der Waals surface area contributed by atoms with Crippen molar-refractivity contribution in [1.82, 2.24) is 0 Å². The molecule has 1 aromatic rings. The minimum Gasteiger partial charge on any atom is -0.504 e. The number of aliphatic carboxylic acids is 1. The van der Waals surface area contributed by atoms with Crippen LogP contribution in [0, 0.1) is 0 Å². The lowest BCUT2D eigenvalue weighted by Crippen LogP contribution is -2.11. The SMILES string of the molecule is CC(C)(C)c1cc(O)c(O)c(CCCC(=O)O)c1. The van der Waals surface area contributed by atoms with Gasteiger partial charge in [0.1, 0.15) is 0 Å². The first-order valence-electron chi connectivity index (χ1n) is 5.99. The van der Waals surface area contributed by atoms with Crippen LogP contribution in [0.2, 0.25) is 0 Å². The zero-order valence-electron chi connectivity index (χ0n) is 11.0. The van der Waals surface area contributed by atoms with Gasteiger partial charge in [-0.2, -0.15) is 0 Å². The molecule has 0 aliphatic rings. The molecular formula is C14H20O4. The van der Waals surface area contributed by atoms with Gasteiger partial charge in [0, 0.05) is 6.42 Å². The van der Waals surface area contributed by atoms with Crippen molar-refractivity contribution in [3.8, 4) is 11.5 Å². The molecule has 0 amide bonds. The Bertz CT molecular complexity index is 444. The predicted molar refractivity (Wildman–Crippen MR) is 69.0 cm³/mol. The maximum atomic E-state index is 10.5. The predicted octanol–water partition coefficient (Wildman–Crippen LogP) is 2.80. The summed E-state index contributed by atoms with van der Waals surface area (Å²) in [6, 6.07) is 3.38. The Morgan fingerprint density at radius 3 is 2.33 bits per heavy atom. The van der Waals surface area contributed by atoms with Crippen LogP contribution in [0.5, 0.6) is 11.5 Å². The van der Waals surface area contributed by atoms with Gasteiger partial charge < -0.3 is 15.3 Å². The highest BCUT2D eigenvalue weighted by Gasteiger charge is 2.18. The minimum absolute atomic E-state index is 0.0555. The van der Waals surface area contributed by atoms with Gasteiger partial charge in [0.25, 0.3) is 0 Å². The fourth-order valence-corrected chi connectivity index (χ4v) is 1.73. The Kier molecular flexibility index (Phi) is 4.22. The van der Waals surface area contributed by atoms with Crippen LogP contribution >= 0.6 is 0 Å². The van der Waals surface area contributed by atoms with Crippen LogP contribution in [0.25, 0.3) is 0 Å². The summed E-state index contributed by atoms with van der Waals surface area (Å²) in [6.45, 7) is 6.04. The summed E-state index contributed by atoms with van der Waals surface area (Å²) in [7, 11) is 0. The minimum atomic E-state index is -0.856. The smallest absolute Gasteiger partial charge is 0.303 e. The zero-order chi connectivity index (χ0) is 13.9. The van der Waals surface area contributed by atoms with Gasteiger partial charge in [-0.1, -0.05) is 26.8 Å². The van der Waals surface area contributed by atoms with E-state index in [1.165, 1.54) is 0 Å². The highest BCUT2D eigenvalue weighted by Crippen LogP contribution is 2.35. The van der Waals surface area contributed by atoms with Crippen molar-refractivity contribution in [3.63, 3.8) is 0 Å². The third-order valence-electron chi connectivity index (χ3n) is 2.87. The van der Waals surface area contributed by atoms with Gasteiger partial charge in [-0.05, 0) is 35.4 Å². The molecule has 18 heavy (non-hydrogen) atoms. The van der Waals surface area contributed by atoms with Gasteiger partial charge in [0.2, 0.25) is 0 Å². The summed E-state index contributed by atoms with van der Waals surface area (Å²) in [5.41, 5.74) is 1.39. The van der Waals surface area contributed by atoms with E-state index in [9.17, 15) is 15.0 Å². The van der Waals surface area contributed by atoms with Crippen LogP contribution in [0.1, 0.15) is 44.7 Å². The van der Waals surface area contributed by atoms with E-state index < -0.39 is 5.97 Å².